The van der Waals surface area contributed by atoms with Crippen molar-refractivity contribution in [1.29, 1.82) is 0 Å². The number of nitrogen functional groups attached to an aromatic ring is 1. The van der Waals surface area contributed by atoms with Gasteiger partial charge in [0.15, 0.2) is 0 Å². The number of primary amides is 1. The van der Waals surface area contributed by atoms with E-state index in [1.165, 1.54) is 0 Å². The third-order valence-corrected chi connectivity index (χ3v) is 2.77. The smallest absolute Gasteiger partial charge is 0.236 e. The van der Waals surface area contributed by atoms with Crippen LogP contribution in [0.4, 0.5) is 11.4 Å². The minimum Gasteiger partial charge on any atom is -0.397 e. The first-order chi connectivity index (χ1) is 8.06. The van der Waals surface area contributed by atoms with E-state index in [-0.39, 0.29) is 12.5 Å². The summed E-state index contributed by atoms with van der Waals surface area (Å²) < 4.78 is 0. The zero-order valence-electron chi connectivity index (χ0n) is 9.95. The van der Waals surface area contributed by atoms with Crippen molar-refractivity contribution in [2.75, 3.05) is 23.7 Å². The zero-order valence-corrected chi connectivity index (χ0v) is 10.7. The number of halogens is 1. The van der Waals surface area contributed by atoms with Crippen molar-refractivity contribution in [1.82, 2.24) is 0 Å². The predicted molar refractivity (Wildman–Crippen MR) is 72.2 cm³/mol. The fourth-order valence-electron chi connectivity index (χ4n) is 1.67. The molecule has 0 spiro atoms. The van der Waals surface area contributed by atoms with Gasteiger partial charge in [-0.25, -0.2) is 0 Å². The third kappa shape index (κ3) is 3.82. The SMILES string of the molecule is CCCCN(CC(N)=O)c1c(N)cccc1Cl. The number of hydrogen-bond acceptors (Lipinski definition) is 3. The van der Waals surface area contributed by atoms with Crippen LogP contribution in [0.5, 0.6) is 0 Å². The van der Waals surface area contributed by atoms with E-state index in [2.05, 4.69) is 6.92 Å². The van der Waals surface area contributed by atoms with Gasteiger partial charge in [0.05, 0.1) is 22.9 Å². The van der Waals surface area contributed by atoms with Crippen LogP contribution in [0, 0.1) is 0 Å². The maximum absolute atomic E-state index is 11.1. The molecule has 0 radical (unpaired) electrons. The third-order valence-electron chi connectivity index (χ3n) is 2.46. The number of rotatable bonds is 6. The number of carbonyl (C=O) groups excluding carboxylic acids is 1. The average molecular weight is 256 g/mol. The topological polar surface area (TPSA) is 72.3 Å². The number of para-hydroxylation sites is 1. The molecular formula is C12H18ClN3O. The standard InChI is InChI=1S/C12H18ClN3O/c1-2-3-7-16(8-11(15)17)12-9(13)5-4-6-10(12)14/h4-6H,2-3,7-8,14H2,1H3,(H2,15,17). The van der Waals surface area contributed by atoms with E-state index in [9.17, 15) is 4.79 Å². The Labute approximate surface area is 107 Å². The van der Waals surface area contributed by atoms with Crippen LogP contribution in [0.1, 0.15) is 19.8 Å². The fraction of sp³-hybridized carbons (Fsp3) is 0.417. The van der Waals surface area contributed by atoms with E-state index in [1.807, 2.05) is 4.90 Å². The summed E-state index contributed by atoms with van der Waals surface area (Å²) in [4.78, 5) is 12.9. The minimum absolute atomic E-state index is 0.133. The summed E-state index contributed by atoms with van der Waals surface area (Å²) >= 11 is 6.11. The number of amides is 1. The molecule has 0 aliphatic rings. The van der Waals surface area contributed by atoms with Crippen LogP contribution in [0.2, 0.25) is 5.02 Å². The van der Waals surface area contributed by atoms with Crippen molar-refractivity contribution in [3.63, 3.8) is 0 Å². The van der Waals surface area contributed by atoms with Gasteiger partial charge in [0.1, 0.15) is 0 Å². The Kier molecular flexibility index (Phi) is 5.10. The predicted octanol–water partition coefficient (Wildman–Crippen LogP) is 2.01. The van der Waals surface area contributed by atoms with Crippen LogP contribution < -0.4 is 16.4 Å². The van der Waals surface area contributed by atoms with E-state index >= 15 is 0 Å². The second-order valence-corrected chi connectivity index (χ2v) is 4.33. The number of nitrogens with two attached hydrogens (primary N) is 2. The Morgan fingerprint density at radius 1 is 1.47 bits per heavy atom. The summed E-state index contributed by atoms with van der Waals surface area (Å²) in [6, 6.07) is 5.30. The molecular weight excluding hydrogens is 238 g/mol. The van der Waals surface area contributed by atoms with Crippen molar-refractivity contribution in [3.8, 4) is 0 Å². The van der Waals surface area contributed by atoms with Gasteiger partial charge in [0.2, 0.25) is 5.91 Å². The molecule has 0 bridgehead atoms. The molecule has 0 aliphatic heterocycles. The molecule has 0 aromatic heterocycles. The van der Waals surface area contributed by atoms with E-state index < -0.39 is 0 Å². The lowest BCUT2D eigenvalue weighted by molar-refractivity contribution is -0.116. The molecule has 0 saturated heterocycles. The molecule has 0 unspecified atom stereocenters. The van der Waals surface area contributed by atoms with Gasteiger partial charge in [0.25, 0.3) is 0 Å². The summed E-state index contributed by atoms with van der Waals surface area (Å²) in [5.41, 5.74) is 12.4. The average Bonchev–Trinajstić information content (AvgIpc) is 2.24. The minimum atomic E-state index is -0.388. The summed E-state index contributed by atoms with van der Waals surface area (Å²) in [5.74, 6) is -0.388. The van der Waals surface area contributed by atoms with Gasteiger partial charge in [-0.15, -0.1) is 0 Å². The summed E-state index contributed by atoms with van der Waals surface area (Å²) in [6.45, 7) is 2.93. The highest BCUT2D eigenvalue weighted by Crippen LogP contribution is 2.31. The van der Waals surface area contributed by atoms with Crippen LogP contribution in [-0.2, 0) is 4.79 Å². The van der Waals surface area contributed by atoms with Gasteiger partial charge in [-0.05, 0) is 18.6 Å². The second kappa shape index (κ2) is 6.35. The van der Waals surface area contributed by atoms with Crippen molar-refractivity contribution in [2.24, 2.45) is 5.73 Å². The van der Waals surface area contributed by atoms with Crippen LogP contribution >= 0.6 is 11.6 Å². The lowest BCUT2D eigenvalue weighted by Gasteiger charge is -2.25. The van der Waals surface area contributed by atoms with Crippen LogP contribution in [0.25, 0.3) is 0 Å². The highest BCUT2D eigenvalue weighted by molar-refractivity contribution is 6.34. The summed E-state index contributed by atoms with van der Waals surface area (Å²) in [6.07, 6.45) is 1.98. The Morgan fingerprint density at radius 2 is 2.18 bits per heavy atom. The maximum Gasteiger partial charge on any atom is 0.236 e. The number of benzene rings is 1. The van der Waals surface area contributed by atoms with Gasteiger partial charge in [-0.1, -0.05) is 31.0 Å². The highest BCUT2D eigenvalue weighted by atomic mass is 35.5. The zero-order chi connectivity index (χ0) is 12.8. The van der Waals surface area contributed by atoms with Gasteiger partial charge < -0.3 is 16.4 Å². The molecule has 0 saturated carbocycles. The number of hydrogen-bond donors (Lipinski definition) is 2. The molecule has 0 heterocycles. The number of carbonyl (C=O) groups is 1. The summed E-state index contributed by atoms with van der Waals surface area (Å²) in [7, 11) is 0. The Hall–Kier alpha value is -1.42. The molecule has 0 atom stereocenters. The first kappa shape index (κ1) is 13.6. The maximum atomic E-state index is 11.1. The normalized spacial score (nSPS) is 10.2. The molecule has 1 aromatic rings. The highest BCUT2D eigenvalue weighted by Gasteiger charge is 2.15. The van der Waals surface area contributed by atoms with Gasteiger partial charge in [-0.2, -0.15) is 0 Å². The molecule has 1 rings (SSSR count). The van der Waals surface area contributed by atoms with Crippen LogP contribution in [0.15, 0.2) is 18.2 Å². The van der Waals surface area contributed by atoms with Crippen LogP contribution in [-0.4, -0.2) is 19.0 Å². The van der Waals surface area contributed by atoms with Crippen molar-refractivity contribution < 1.29 is 4.79 Å². The number of unbranched alkanes of at least 4 members (excludes halogenated alkanes) is 1. The molecule has 4 nitrogen and oxygen atoms in total. The van der Waals surface area contributed by atoms with E-state index in [0.717, 1.165) is 12.8 Å². The van der Waals surface area contributed by atoms with Crippen molar-refractivity contribution in [3.05, 3.63) is 23.2 Å². The van der Waals surface area contributed by atoms with Crippen molar-refractivity contribution in [2.45, 2.75) is 19.8 Å². The molecule has 4 N–H and O–H groups in total. The number of anilines is 2. The van der Waals surface area contributed by atoms with E-state index in [4.69, 9.17) is 23.1 Å². The lowest BCUT2D eigenvalue weighted by atomic mass is 10.2. The Morgan fingerprint density at radius 3 is 2.71 bits per heavy atom. The quantitative estimate of drug-likeness (QED) is 0.764. The Bertz CT molecular complexity index is 375. The molecule has 1 aromatic carbocycles. The summed E-state index contributed by atoms with van der Waals surface area (Å²) in [5, 5.41) is 0.544. The monoisotopic (exact) mass is 255 g/mol. The first-order valence-corrected chi connectivity index (χ1v) is 6.01. The van der Waals surface area contributed by atoms with E-state index in [0.29, 0.717) is 22.9 Å². The first-order valence-electron chi connectivity index (χ1n) is 5.63. The van der Waals surface area contributed by atoms with Gasteiger partial charge >= 0.3 is 0 Å². The Balaban J connectivity index is 2.98. The molecule has 0 fully saturated rings. The molecule has 1 amide bonds. The van der Waals surface area contributed by atoms with Gasteiger partial charge in [0, 0.05) is 6.54 Å². The van der Waals surface area contributed by atoms with E-state index in [1.54, 1.807) is 18.2 Å². The van der Waals surface area contributed by atoms with Crippen molar-refractivity contribution >= 4 is 28.9 Å². The number of nitrogens with zero attached hydrogens (tertiary/aromatic N) is 1. The van der Waals surface area contributed by atoms with Crippen LogP contribution in [0.3, 0.4) is 0 Å². The molecule has 5 heteroatoms. The fourth-order valence-corrected chi connectivity index (χ4v) is 1.97. The van der Waals surface area contributed by atoms with Gasteiger partial charge in [-0.3, -0.25) is 4.79 Å². The second-order valence-electron chi connectivity index (χ2n) is 3.92. The molecule has 0 aliphatic carbocycles. The largest absolute Gasteiger partial charge is 0.397 e. The lowest BCUT2D eigenvalue weighted by Crippen LogP contribution is -2.35. The molecule has 94 valence electrons. The molecule has 17 heavy (non-hydrogen) atoms.